The number of hydrogen-bond acceptors (Lipinski definition) is 11. The molecule has 0 unspecified atom stereocenters. The van der Waals surface area contributed by atoms with E-state index < -0.39 is 128 Å². The Morgan fingerprint density at radius 2 is 1.71 bits per heavy atom. The van der Waals surface area contributed by atoms with Crippen LogP contribution in [0.25, 0.3) is 11.0 Å². The van der Waals surface area contributed by atoms with Crippen LogP contribution >= 0.6 is 0 Å². The lowest BCUT2D eigenvalue weighted by Crippen LogP contribution is -2.59. The second kappa shape index (κ2) is 17.0. The average Bonchev–Trinajstić information content (AvgIpc) is 4.09. The van der Waals surface area contributed by atoms with Crippen LogP contribution in [0.3, 0.4) is 0 Å². The summed E-state index contributed by atoms with van der Waals surface area (Å²) in [4.78, 5) is 64.6. The van der Waals surface area contributed by atoms with Gasteiger partial charge in [0.05, 0.1) is 29.9 Å². The zero-order valence-electron chi connectivity index (χ0n) is 34.3. The Morgan fingerprint density at radius 1 is 1.03 bits per heavy atom. The molecular weight excluding hydrogens is 862 g/mol. The van der Waals surface area contributed by atoms with Crippen molar-refractivity contribution in [3.05, 3.63) is 35.8 Å². The first-order valence-electron chi connectivity index (χ1n) is 20.0. The Kier molecular flexibility index (Phi) is 12.7. The van der Waals surface area contributed by atoms with E-state index in [2.05, 4.69) is 25.3 Å². The van der Waals surface area contributed by atoms with Gasteiger partial charge in [-0.2, -0.15) is 26.3 Å². The first-order valence-corrected chi connectivity index (χ1v) is 21.5. The number of methoxy groups -OCH3 is 1. The maximum absolute atomic E-state index is 14.8. The molecule has 6 rings (SSSR count). The number of ether oxygens (including phenoxy) is 3. The third-order valence-corrected chi connectivity index (χ3v) is 13.5. The highest BCUT2D eigenvalue weighted by atomic mass is 32.2. The molecule has 2 aromatic rings. The molecule has 4 amide bonds. The molecule has 3 fully saturated rings. The minimum Gasteiger partial charge on any atom is -0.494 e. The van der Waals surface area contributed by atoms with Crippen molar-refractivity contribution in [1.82, 2.24) is 30.2 Å². The molecule has 0 spiro atoms. The van der Waals surface area contributed by atoms with Crippen molar-refractivity contribution in [2.24, 2.45) is 17.8 Å². The van der Waals surface area contributed by atoms with E-state index in [-0.39, 0.29) is 36.4 Å². The maximum Gasteiger partial charge on any atom is 0.438 e. The van der Waals surface area contributed by atoms with E-state index in [1.807, 2.05) is 6.92 Å². The predicted octanol–water partition coefficient (Wildman–Crippen LogP) is 5.47. The van der Waals surface area contributed by atoms with Crippen LogP contribution in [0.15, 0.2) is 24.3 Å². The lowest BCUT2D eigenvalue weighted by atomic mass is 9.85. The van der Waals surface area contributed by atoms with Gasteiger partial charge in [-0.15, -0.1) is 0 Å². The SMILES string of the molecule is CC[C@@H]1C[C@H](C)CC/C=C\[C@@H]2C[C@@]2(C(=O)NS(=O)(=O)C2CC2)NC(=O)[C@@H]2C[C@@H](Oc3nc4cc(OC)c(F)cc4nc3C(F)(F)F)CN2C(=O)[C@H]1NC(=O)OC(C)(C)C(F)(F)F. The van der Waals surface area contributed by atoms with Gasteiger partial charge in [-0.05, 0) is 64.2 Å². The summed E-state index contributed by atoms with van der Waals surface area (Å²) in [6, 6.07) is -1.67. The highest BCUT2D eigenvalue weighted by Gasteiger charge is 2.62. The van der Waals surface area contributed by atoms with E-state index in [9.17, 15) is 58.3 Å². The molecule has 7 atom stereocenters. The van der Waals surface area contributed by atoms with Crippen LogP contribution in [0.2, 0.25) is 0 Å². The van der Waals surface area contributed by atoms with Gasteiger partial charge in [-0.1, -0.05) is 32.4 Å². The molecule has 62 heavy (non-hydrogen) atoms. The van der Waals surface area contributed by atoms with Crippen LogP contribution in [0, 0.1) is 23.6 Å². The highest BCUT2D eigenvalue weighted by molar-refractivity contribution is 7.91. The average molecular weight is 909 g/mol. The van der Waals surface area contributed by atoms with Gasteiger partial charge in [0, 0.05) is 24.5 Å². The van der Waals surface area contributed by atoms with Crippen molar-refractivity contribution in [2.75, 3.05) is 13.7 Å². The number of benzene rings is 1. The molecule has 1 aromatic heterocycles. The van der Waals surface area contributed by atoms with Gasteiger partial charge in [0.25, 0.3) is 5.91 Å². The number of carbonyl (C=O) groups excluding carboxylic acids is 4. The van der Waals surface area contributed by atoms with Crippen LogP contribution in [0.4, 0.5) is 35.5 Å². The summed E-state index contributed by atoms with van der Waals surface area (Å²) in [5.74, 6) is -7.29. The molecule has 2 saturated carbocycles. The Morgan fingerprint density at radius 3 is 2.32 bits per heavy atom. The molecule has 0 bridgehead atoms. The fourth-order valence-corrected chi connectivity index (χ4v) is 9.15. The second-order valence-electron chi connectivity index (χ2n) is 16.8. The van der Waals surface area contributed by atoms with Crippen LogP contribution in [-0.4, -0.2) is 102 Å². The fourth-order valence-electron chi connectivity index (χ4n) is 7.79. The predicted molar refractivity (Wildman–Crippen MR) is 204 cm³/mol. The van der Waals surface area contributed by atoms with E-state index in [0.717, 1.165) is 18.1 Å². The zero-order chi connectivity index (χ0) is 45.7. The normalized spacial score (nSPS) is 28.1. The number of sulfonamides is 1. The molecule has 2 aliphatic heterocycles. The number of carbonyl (C=O) groups is 4. The number of nitrogens with one attached hydrogen (secondary N) is 3. The van der Waals surface area contributed by atoms with Crippen molar-refractivity contribution in [3.63, 3.8) is 0 Å². The largest absolute Gasteiger partial charge is 0.494 e. The molecule has 342 valence electrons. The van der Waals surface area contributed by atoms with E-state index >= 15 is 0 Å². The molecule has 1 saturated heterocycles. The van der Waals surface area contributed by atoms with Crippen molar-refractivity contribution in [2.45, 2.75) is 126 Å². The summed E-state index contributed by atoms with van der Waals surface area (Å²) < 4.78 is 142. The van der Waals surface area contributed by atoms with E-state index in [0.29, 0.717) is 45.6 Å². The van der Waals surface area contributed by atoms with Crippen LogP contribution in [0.5, 0.6) is 11.6 Å². The summed E-state index contributed by atoms with van der Waals surface area (Å²) >= 11 is 0. The molecule has 4 aliphatic rings. The first-order chi connectivity index (χ1) is 28.8. The number of aromatic nitrogens is 2. The maximum atomic E-state index is 14.8. The van der Waals surface area contributed by atoms with Crippen molar-refractivity contribution in [1.29, 1.82) is 0 Å². The van der Waals surface area contributed by atoms with Crippen LogP contribution in [-0.2, 0) is 35.3 Å². The summed E-state index contributed by atoms with van der Waals surface area (Å²) in [5, 5.41) is 4.06. The molecule has 3 N–H and O–H groups in total. The first kappa shape index (κ1) is 46.5. The van der Waals surface area contributed by atoms with E-state index in [1.165, 1.54) is 0 Å². The van der Waals surface area contributed by atoms with Gasteiger partial charge in [0.1, 0.15) is 23.7 Å². The van der Waals surface area contributed by atoms with Gasteiger partial charge >= 0.3 is 18.4 Å². The molecule has 0 radical (unpaired) electrons. The van der Waals surface area contributed by atoms with Crippen molar-refractivity contribution in [3.8, 4) is 11.6 Å². The second-order valence-corrected chi connectivity index (χ2v) is 18.8. The molecule has 15 nitrogen and oxygen atoms in total. The fraction of sp³-hybridized carbons (Fsp3) is 0.641. The molecular formula is C39H47F7N6O9S. The molecule has 1 aromatic carbocycles. The number of alkyl carbamates (subject to hydrolysis) is 1. The van der Waals surface area contributed by atoms with E-state index in [1.54, 1.807) is 19.1 Å². The lowest BCUT2D eigenvalue weighted by Gasteiger charge is -2.35. The van der Waals surface area contributed by atoms with Crippen LogP contribution in [0.1, 0.15) is 84.8 Å². The van der Waals surface area contributed by atoms with Gasteiger partial charge in [-0.3, -0.25) is 19.1 Å². The van der Waals surface area contributed by atoms with Gasteiger partial charge in [0.2, 0.25) is 39.0 Å². The summed E-state index contributed by atoms with van der Waals surface area (Å²) in [7, 11) is -3.00. The zero-order valence-corrected chi connectivity index (χ0v) is 35.1. The Hall–Kier alpha value is -4.96. The molecule has 3 heterocycles. The Balaban J connectivity index is 1.41. The minimum atomic E-state index is -5.22. The van der Waals surface area contributed by atoms with Crippen molar-refractivity contribution < 1.29 is 72.5 Å². The molecule has 2 aliphatic carbocycles. The number of halogens is 7. The van der Waals surface area contributed by atoms with Crippen LogP contribution < -0.4 is 24.8 Å². The topological polar surface area (TPSA) is 195 Å². The highest BCUT2D eigenvalue weighted by Crippen LogP contribution is 2.46. The molecule has 23 heteroatoms. The third kappa shape index (κ3) is 9.80. The number of alkyl halides is 6. The Labute approximate surface area is 351 Å². The lowest BCUT2D eigenvalue weighted by molar-refractivity contribution is -0.244. The van der Waals surface area contributed by atoms with Gasteiger partial charge < -0.3 is 29.7 Å². The third-order valence-electron chi connectivity index (χ3n) is 11.7. The Bertz CT molecular complexity index is 2240. The minimum absolute atomic E-state index is 0.0496. The van der Waals surface area contributed by atoms with Gasteiger partial charge in [0.15, 0.2) is 11.6 Å². The smallest absolute Gasteiger partial charge is 0.438 e. The van der Waals surface area contributed by atoms with Gasteiger partial charge in [-0.25, -0.2) is 27.6 Å². The summed E-state index contributed by atoms with van der Waals surface area (Å²) in [5.41, 5.74) is -7.30. The number of fused-ring (bicyclic) bond motifs is 3. The van der Waals surface area contributed by atoms with E-state index in [4.69, 9.17) is 14.2 Å². The monoisotopic (exact) mass is 908 g/mol. The van der Waals surface area contributed by atoms with Crippen molar-refractivity contribution >= 4 is 44.9 Å². The number of nitrogens with zero attached hydrogens (tertiary/aromatic N) is 3. The quantitative estimate of drug-likeness (QED) is 0.214. The number of rotatable bonds is 9. The number of amides is 4. The standard InChI is InChI=1S/C39H47F7N6O9S/c1-6-20-13-19(2)9-7-8-10-21-17-37(21,34(55)51-62(57,58)23-11-12-23)50-31(53)27-14-22(18-52(27)33(54)29(20)49-35(56)61-36(3,4)39(44,45)46)60-32-30(38(41,42)43)47-25-15-24(40)28(59-5)16-26(25)48-32/h8,10,15-16,19-23,27,29H,6-7,9,11-14,17-18H2,1-5H3,(H,49,56)(H,50,53)(H,51,55)/b10-8-/t19-,20-,21-,22-,27+,29+,37-/m1/s1. The summed E-state index contributed by atoms with van der Waals surface area (Å²) in [6.07, 6.45) is -8.54. The number of allylic oxidation sites excluding steroid dienone is 1. The number of hydrogen-bond donors (Lipinski definition) is 3. The summed E-state index contributed by atoms with van der Waals surface area (Å²) in [6.45, 7) is 4.06.